The van der Waals surface area contributed by atoms with Gasteiger partial charge in [-0.15, -0.1) is 11.3 Å². The molecule has 14 heteroatoms. The normalized spacial score (nSPS) is 13.1. The number of fused-ring (bicyclic) bond motifs is 1. The lowest BCUT2D eigenvalue weighted by Crippen LogP contribution is -2.46. The molecule has 13 nitrogen and oxygen atoms in total. The molecule has 3 atom stereocenters. The Morgan fingerprint density at radius 1 is 0.841 bits per heavy atom. The summed E-state index contributed by atoms with van der Waals surface area (Å²) in [6.07, 6.45) is 3.43. The maximum Gasteiger partial charge on any atom is 0.224 e. The molecular weight excluding hydrogens is 582 g/mol. The van der Waals surface area contributed by atoms with Crippen LogP contribution in [0.1, 0.15) is 81.9 Å². The van der Waals surface area contributed by atoms with Crippen LogP contribution in [0.4, 0.5) is 0 Å². The van der Waals surface area contributed by atoms with E-state index < -0.39 is 23.9 Å². The van der Waals surface area contributed by atoms with Gasteiger partial charge in [0.05, 0.1) is 22.3 Å². The molecule has 2 aromatic rings. The molecule has 1 aromatic carbocycles. The number of hydrogen-bond acceptors (Lipinski definition) is 8. The minimum Gasteiger partial charge on any atom is -0.370 e. The molecule has 1 heterocycles. The largest absolute Gasteiger partial charge is 0.370 e. The van der Waals surface area contributed by atoms with Crippen molar-refractivity contribution in [2.75, 3.05) is 13.1 Å². The number of unbranched alkanes of at least 4 members (excludes halogenated alkanes) is 1. The average Bonchev–Trinajstić information content (AvgIpc) is 3.39. The number of nitrogens with one attached hydrogen (secondary N) is 2. The van der Waals surface area contributed by atoms with Crippen LogP contribution in [0.25, 0.3) is 10.2 Å². The Labute approximate surface area is 262 Å². The molecule has 0 aliphatic heterocycles. The van der Waals surface area contributed by atoms with Gasteiger partial charge in [0.25, 0.3) is 0 Å². The van der Waals surface area contributed by atoms with E-state index >= 15 is 0 Å². The highest BCUT2D eigenvalue weighted by Gasteiger charge is 2.31. The molecule has 10 N–H and O–H groups in total. The number of carbonyl (C=O) groups excluding carboxylic acids is 4. The van der Waals surface area contributed by atoms with Crippen molar-refractivity contribution >= 4 is 56.9 Å². The van der Waals surface area contributed by atoms with Crippen molar-refractivity contribution in [1.82, 2.24) is 15.6 Å². The van der Waals surface area contributed by atoms with Gasteiger partial charge >= 0.3 is 0 Å². The van der Waals surface area contributed by atoms with Crippen LogP contribution in [0.15, 0.2) is 34.3 Å². The molecule has 0 saturated carbocycles. The summed E-state index contributed by atoms with van der Waals surface area (Å²) in [5.41, 5.74) is 22.3. The van der Waals surface area contributed by atoms with Crippen LogP contribution in [0, 0.1) is 11.8 Å². The summed E-state index contributed by atoms with van der Waals surface area (Å²) in [7, 11) is 0. The van der Waals surface area contributed by atoms with Gasteiger partial charge in [0.1, 0.15) is 0 Å². The van der Waals surface area contributed by atoms with Crippen LogP contribution in [-0.4, -0.2) is 65.5 Å². The van der Waals surface area contributed by atoms with Gasteiger partial charge in [0.15, 0.2) is 22.7 Å². The van der Waals surface area contributed by atoms with E-state index in [0.717, 1.165) is 4.70 Å². The van der Waals surface area contributed by atoms with Crippen molar-refractivity contribution in [1.29, 1.82) is 0 Å². The minimum absolute atomic E-state index is 0.00495. The van der Waals surface area contributed by atoms with E-state index in [2.05, 4.69) is 25.6 Å². The number of para-hydroxylation sites is 1. The molecule has 242 valence electrons. The molecule has 2 amide bonds. The number of ketones is 2. The number of amides is 2. The van der Waals surface area contributed by atoms with Crippen LogP contribution < -0.4 is 33.6 Å². The Balaban J connectivity index is 2.23. The minimum atomic E-state index is -0.879. The quantitative estimate of drug-likeness (QED) is 0.0543. The lowest BCUT2D eigenvalue weighted by atomic mass is 9.89. The van der Waals surface area contributed by atoms with Crippen LogP contribution in [-0.2, 0) is 14.4 Å². The first-order valence-corrected chi connectivity index (χ1v) is 15.8. The zero-order valence-corrected chi connectivity index (χ0v) is 26.7. The molecule has 44 heavy (non-hydrogen) atoms. The maximum absolute atomic E-state index is 13.7. The van der Waals surface area contributed by atoms with Crippen molar-refractivity contribution in [3.63, 3.8) is 0 Å². The summed E-state index contributed by atoms with van der Waals surface area (Å²) >= 11 is 1.26. The first-order chi connectivity index (χ1) is 20.9. The number of carbonyl (C=O) groups is 4. The summed E-state index contributed by atoms with van der Waals surface area (Å²) in [5, 5.41) is 5.93. The highest BCUT2D eigenvalue weighted by Crippen LogP contribution is 2.24. The van der Waals surface area contributed by atoms with E-state index in [1.165, 1.54) is 18.3 Å². The van der Waals surface area contributed by atoms with Crippen molar-refractivity contribution in [2.24, 2.45) is 44.8 Å². The number of aromatic nitrogens is 1. The van der Waals surface area contributed by atoms with E-state index in [1.54, 1.807) is 0 Å². The van der Waals surface area contributed by atoms with E-state index in [4.69, 9.17) is 22.9 Å². The fourth-order valence-corrected chi connectivity index (χ4v) is 5.62. The summed E-state index contributed by atoms with van der Waals surface area (Å²) in [5.74, 6) is -1.74. The van der Waals surface area contributed by atoms with Gasteiger partial charge < -0.3 is 33.6 Å². The van der Waals surface area contributed by atoms with Gasteiger partial charge in [-0.1, -0.05) is 32.4 Å². The SMILES string of the molecule is CC(=O)N[C@@H](CCCCN=C(N)N)C(=O)C[C@@H](CCC(C)C)C(=O)N[C@@H](CCCN=C(N)N)C(=O)c1nc2ccccc2s1. The maximum atomic E-state index is 13.7. The number of benzene rings is 1. The second kappa shape index (κ2) is 18.6. The summed E-state index contributed by atoms with van der Waals surface area (Å²) in [4.78, 5) is 65.1. The molecule has 0 radical (unpaired) electrons. The number of hydrogen-bond donors (Lipinski definition) is 6. The molecule has 0 saturated heterocycles. The highest BCUT2D eigenvalue weighted by molar-refractivity contribution is 7.20. The molecule has 0 spiro atoms. The molecule has 2 rings (SSSR count). The third-order valence-corrected chi connectivity index (χ3v) is 8.01. The third-order valence-electron chi connectivity index (χ3n) is 6.96. The highest BCUT2D eigenvalue weighted by atomic mass is 32.1. The second-order valence-electron chi connectivity index (χ2n) is 11.3. The van der Waals surface area contributed by atoms with Gasteiger partial charge in [-0.3, -0.25) is 29.2 Å². The number of nitrogens with two attached hydrogens (primary N) is 4. The van der Waals surface area contributed by atoms with Gasteiger partial charge in [-0.05, 0) is 56.6 Å². The lowest BCUT2D eigenvalue weighted by molar-refractivity contribution is -0.132. The van der Waals surface area contributed by atoms with Crippen LogP contribution in [0.2, 0.25) is 0 Å². The molecular formula is C30H47N9O4S. The van der Waals surface area contributed by atoms with Crippen molar-refractivity contribution in [3.8, 4) is 0 Å². The zero-order chi connectivity index (χ0) is 32.6. The summed E-state index contributed by atoms with van der Waals surface area (Å²) in [6, 6.07) is 5.80. The standard InChI is InChI=1S/C30H47N9O4S/c1-18(2)13-14-20(17-24(41)21(37-19(3)40)9-6-7-15-35-29(31)32)27(43)38-23(11-8-16-36-30(33)34)26(42)28-39-22-10-4-5-12-25(22)44-28/h4-5,10,12,18,20-21,23H,6-9,11,13-17H2,1-3H3,(H,37,40)(H,38,43)(H4,31,32,35)(H4,33,34,36)/t20-,21+,23+/m1/s1. The smallest absolute Gasteiger partial charge is 0.224 e. The average molecular weight is 630 g/mol. The summed E-state index contributed by atoms with van der Waals surface area (Å²) < 4.78 is 0.865. The summed E-state index contributed by atoms with van der Waals surface area (Å²) in [6.45, 7) is 6.13. The number of rotatable bonds is 20. The topological polar surface area (TPSA) is 234 Å². The Bertz CT molecular complexity index is 1280. The monoisotopic (exact) mass is 629 g/mol. The first kappa shape index (κ1) is 36.1. The van der Waals surface area contributed by atoms with Gasteiger partial charge in [-0.2, -0.15) is 0 Å². The predicted octanol–water partition coefficient (Wildman–Crippen LogP) is 1.98. The van der Waals surface area contributed by atoms with Gasteiger partial charge in [-0.25, -0.2) is 4.98 Å². The van der Waals surface area contributed by atoms with Gasteiger partial charge in [0.2, 0.25) is 17.6 Å². The first-order valence-electron chi connectivity index (χ1n) is 15.0. The number of Topliss-reactive ketones (excluding diaryl/α,β-unsaturated/α-hetero) is 2. The molecule has 0 aliphatic carbocycles. The third kappa shape index (κ3) is 13.1. The zero-order valence-electron chi connectivity index (χ0n) is 25.9. The number of nitrogens with zero attached hydrogens (tertiary/aromatic N) is 3. The Kier molecular flexibility index (Phi) is 15.2. The van der Waals surface area contributed by atoms with E-state index in [1.807, 2.05) is 38.1 Å². The predicted molar refractivity (Wildman–Crippen MR) is 175 cm³/mol. The van der Waals surface area contributed by atoms with Crippen molar-refractivity contribution < 1.29 is 19.2 Å². The molecule has 0 aliphatic rings. The Morgan fingerprint density at radius 3 is 2.09 bits per heavy atom. The Morgan fingerprint density at radius 2 is 1.48 bits per heavy atom. The Hall–Kier alpha value is -4.07. The van der Waals surface area contributed by atoms with Crippen LogP contribution in [0.3, 0.4) is 0 Å². The second-order valence-corrected chi connectivity index (χ2v) is 12.3. The van der Waals surface area contributed by atoms with Crippen molar-refractivity contribution in [2.45, 2.75) is 84.2 Å². The van der Waals surface area contributed by atoms with Crippen molar-refractivity contribution in [3.05, 3.63) is 29.3 Å². The number of guanidine groups is 2. The van der Waals surface area contributed by atoms with E-state index in [9.17, 15) is 19.2 Å². The molecule has 0 unspecified atom stereocenters. The molecule has 1 aromatic heterocycles. The fraction of sp³-hybridized carbons (Fsp3) is 0.567. The van der Waals surface area contributed by atoms with Gasteiger partial charge in [0, 0.05) is 32.4 Å². The van der Waals surface area contributed by atoms with E-state index in [-0.39, 0.29) is 42.2 Å². The van der Waals surface area contributed by atoms with Crippen LogP contribution in [0.5, 0.6) is 0 Å². The number of aliphatic imine (C=N–C) groups is 2. The van der Waals surface area contributed by atoms with E-state index in [0.29, 0.717) is 68.1 Å². The molecule has 0 fully saturated rings. The lowest BCUT2D eigenvalue weighted by Gasteiger charge is -2.24. The molecule has 0 bridgehead atoms. The number of thiazole rings is 1. The van der Waals surface area contributed by atoms with Crippen LogP contribution >= 0.6 is 11.3 Å². The fourth-order valence-electron chi connectivity index (χ4n) is 4.66.